The second-order valence-electron chi connectivity index (χ2n) is 6.48. The number of ether oxygens (including phenoxy) is 1. The largest absolute Gasteiger partial charge is 0.475 e. The molecule has 8 nitrogen and oxygen atoms in total. The Kier molecular flexibility index (Phi) is 4.55. The predicted octanol–water partition coefficient (Wildman–Crippen LogP) is 0.0469. The van der Waals surface area contributed by atoms with Gasteiger partial charge in [0.25, 0.3) is 0 Å². The van der Waals surface area contributed by atoms with Gasteiger partial charge in [-0.3, -0.25) is 9.59 Å². The molecule has 2 saturated heterocycles. The Morgan fingerprint density at radius 2 is 2.12 bits per heavy atom. The number of anilines is 1. The molecular formula is C16H23N5O3. The Bertz CT molecular complexity index is 630. The van der Waals surface area contributed by atoms with E-state index in [0.29, 0.717) is 37.9 Å². The molecule has 24 heavy (non-hydrogen) atoms. The number of nitrogens with zero attached hydrogens (tertiary/aromatic N) is 4. The van der Waals surface area contributed by atoms with E-state index in [1.54, 1.807) is 19.3 Å². The molecule has 130 valence electrons. The number of rotatable bonds is 5. The van der Waals surface area contributed by atoms with E-state index in [1.807, 2.05) is 23.6 Å². The zero-order valence-electron chi connectivity index (χ0n) is 14.2. The predicted molar refractivity (Wildman–Crippen MR) is 87.7 cm³/mol. The number of aromatic nitrogens is 2. The van der Waals surface area contributed by atoms with Gasteiger partial charge in [-0.2, -0.15) is 4.98 Å². The molecule has 8 heteroatoms. The maximum Gasteiger partial charge on any atom is 0.228 e. The van der Waals surface area contributed by atoms with E-state index in [9.17, 15) is 9.59 Å². The topological polar surface area (TPSA) is 87.7 Å². The number of carbonyl (C=O) groups is 2. The summed E-state index contributed by atoms with van der Waals surface area (Å²) >= 11 is 0. The highest BCUT2D eigenvalue weighted by molar-refractivity contribution is 5.89. The number of amides is 2. The Morgan fingerprint density at radius 3 is 2.79 bits per heavy atom. The monoisotopic (exact) mass is 333 g/mol. The molecule has 0 aliphatic carbocycles. The third kappa shape index (κ3) is 3.27. The first-order chi connectivity index (χ1) is 11.5. The Labute approximate surface area is 141 Å². The Balaban J connectivity index is 1.58. The fraction of sp³-hybridized carbons (Fsp3) is 0.625. The molecule has 1 aromatic heterocycles. The molecule has 0 saturated carbocycles. The van der Waals surface area contributed by atoms with Crippen LogP contribution < -0.4 is 15.0 Å². The van der Waals surface area contributed by atoms with Crippen LogP contribution in [0.1, 0.15) is 20.3 Å². The van der Waals surface area contributed by atoms with Crippen molar-refractivity contribution in [3.63, 3.8) is 0 Å². The molecule has 2 aliphatic heterocycles. The van der Waals surface area contributed by atoms with Gasteiger partial charge in [0.05, 0.1) is 18.1 Å². The SMILES string of the molecule is CNC(=O)C1CC(=O)N(C2CN(c3nccc(OC(C)C)n3)C2)C1. The van der Waals surface area contributed by atoms with Crippen molar-refractivity contribution in [1.82, 2.24) is 20.2 Å². The van der Waals surface area contributed by atoms with Crippen molar-refractivity contribution in [3.8, 4) is 5.88 Å². The van der Waals surface area contributed by atoms with Crippen molar-refractivity contribution < 1.29 is 14.3 Å². The molecule has 1 unspecified atom stereocenters. The van der Waals surface area contributed by atoms with Crippen LogP contribution >= 0.6 is 0 Å². The van der Waals surface area contributed by atoms with E-state index in [-0.39, 0.29) is 29.9 Å². The van der Waals surface area contributed by atoms with Gasteiger partial charge in [0.2, 0.25) is 23.6 Å². The van der Waals surface area contributed by atoms with E-state index < -0.39 is 0 Å². The average Bonchev–Trinajstić information content (AvgIpc) is 2.87. The van der Waals surface area contributed by atoms with E-state index in [4.69, 9.17) is 4.74 Å². The second kappa shape index (κ2) is 6.62. The average molecular weight is 333 g/mol. The van der Waals surface area contributed by atoms with Crippen LogP contribution in [0.5, 0.6) is 5.88 Å². The number of carbonyl (C=O) groups excluding carboxylic acids is 2. The number of hydrogen-bond donors (Lipinski definition) is 1. The highest BCUT2D eigenvalue weighted by Crippen LogP contribution is 2.27. The van der Waals surface area contributed by atoms with Crippen LogP contribution in [0.3, 0.4) is 0 Å². The van der Waals surface area contributed by atoms with Gasteiger partial charge in [-0.25, -0.2) is 4.98 Å². The first-order valence-electron chi connectivity index (χ1n) is 8.23. The second-order valence-corrected chi connectivity index (χ2v) is 6.48. The van der Waals surface area contributed by atoms with Crippen molar-refractivity contribution in [1.29, 1.82) is 0 Å². The standard InChI is InChI=1S/C16H23N5O3/c1-10(2)24-13-4-5-18-16(19-13)20-8-12(9-20)21-7-11(6-14(21)22)15(23)17-3/h4-5,10-12H,6-9H2,1-3H3,(H,17,23). The fourth-order valence-corrected chi connectivity index (χ4v) is 3.07. The normalized spacial score (nSPS) is 21.2. The van der Waals surface area contributed by atoms with E-state index in [1.165, 1.54) is 0 Å². The van der Waals surface area contributed by atoms with Crippen molar-refractivity contribution in [2.24, 2.45) is 5.92 Å². The number of likely N-dealkylation sites (tertiary alicyclic amines) is 1. The summed E-state index contributed by atoms with van der Waals surface area (Å²) in [5, 5.41) is 2.62. The lowest BCUT2D eigenvalue weighted by molar-refractivity contribution is -0.130. The molecule has 3 heterocycles. The maximum absolute atomic E-state index is 12.1. The third-order valence-electron chi connectivity index (χ3n) is 4.34. The third-order valence-corrected chi connectivity index (χ3v) is 4.34. The summed E-state index contributed by atoms with van der Waals surface area (Å²) in [6, 6.07) is 1.85. The van der Waals surface area contributed by atoms with Gasteiger partial charge in [0, 0.05) is 45.4 Å². The van der Waals surface area contributed by atoms with Gasteiger partial charge in [0.15, 0.2) is 0 Å². The van der Waals surface area contributed by atoms with Gasteiger partial charge < -0.3 is 19.9 Å². The molecular weight excluding hydrogens is 310 g/mol. The highest BCUT2D eigenvalue weighted by Gasteiger charge is 2.42. The zero-order chi connectivity index (χ0) is 17.3. The summed E-state index contributed by atoms with van der Waals surface area (Å²) in [6.07, 6.45) is 2.03. The van der Waals surface area contributed by atoms with Crippen LogP contribution in [0.25, 0.3) is 0 Å². The lowest BCUT2D eigenvalue weighted by atomic mass is 10.1. The van der Waals surface area contributed by atoms with Crippen LogP contribution in [0.15, 0.2) is 12.3 Å². The molecule has 0 bridgehead atoms. The Hall–Kier alpha value is -2.38. The van der Waals surface area contributed by atoms with Crippen molar-refractivity contribution >= 4 is 17.8 Å². The fourth-order valence-electron chi connectivity index (χ4n) is 3.07. The molecule has 2 fully saturated rings. The van der Waals surface area contributed by atoms with Crippen molar-refractivity contribution in [3.05, 3.63) is 12.3 Å². The van der Waals surface area contributed by atoms with Gasteiger partial charge in [0.1, 0.15) is 0 Å². The minimum Gasteiger partial charge on any atom is -0.475 e. The Morgan fingerprint density at radius 1 is 1.38 bits per heavy atom. The van der Waals surface area contributed by atoms with E-state index in [0.717, 1.165) is 0 Å². The summed E-state index contributed by atoms with van der Waals surface area (Å²) in [5.41, 5.74) is 0. The molecule has 2 amide bonds. The summed E-state index contributed by atoms with van der Waals surface area (Å²) in [7, 11) is 1.60. The van der Waals surface area contributed by atoms with Gasteiger partial charge in [-0.15, -0.1) is 0 Å². The van der Waals surface area contributed by atoms with Crippen molar-refractivity contribution in [2.75, 3.05) is 31.6 Å². The van der Waals surface area contributed by atoms with E-state index in [2.05, 4.69) is 15.3 Å². The first-order valence-corrected chi connectivity index (χ1v) is 8.23. The van der Waals surface area contributed by atoms with Crippen LogP contribution in [-0.2, 0) is 9.59 Å². The van der Waals surface area contributed by atoms with Crippen LogP contribution in [-0.4, -0.2) is 65.5 Å². The minimum atomic E-state index is -0.240. The highest BCUT2D eigenvalue weighted by atomic mass is 16.5. The van der Waals surface area contributed by atoms with Crippen LogP contribution in [0, 0.1) is 5.92 Å². The smallest absolute Gasteiger partial charge is 0.228 e. The van der Waals surface area contributed by atoms with Gasteiger partial charge >= 0.3 is 0 Å². The lowest BCUT2D eigenvalue weighted by Crippen LogP contribution is -2.60. The lowest BCUT2D eigenvalue weighted by Gasteiger charge is -2.44. The molecule has 0 radical (unpaired) electrons. The minimum absolute atomic E-state index is 0.0473. The summed E-state index contributed by atoms with van der Waals surface area (Å²) < 4.78 is 5.58. The summed E-state index contributed by atoms with van der Waals surface area (Å²) in [4.78, 5) is 36.3. The van der Waals surface area contributed by atoms with Crippen LogP contribution in [0.4, 0.5) is 5.95 Å². The molecule has 0 aromatic carbocycles. The summed E-state index contributed by atoms with van der Waals surface area (Å²) in [5.74, 6) is 0.903. The molecule has 1 aromatic rings. The quantitative estimate of drug-likeness (QED) is 0.819. The summed E-state index contributed by atoms with van der Waals surface area (Å²) in [6.45, 7) is 5.75. The zero-order valence-corrected chi connectivity index (χ0v) is 14.2. The molecule has 2 aliphatic rings. The van der Waals surface area contributed by atoms with Crippen LogP contribution in [0.2, 0.25) is 0 Å². The van der Waals surface area contributed by atoms with Gasteiger partial charge in [-0.1, -0.05) is 0 Å². The molecule has 1 N–H and O–H groups in total. The van der Waals surface area contributed by atoms with Gasteiger partial charge in [-0.05, 0) is 13.8 Å². The van der Waals surface area contributed by atoms with Crippen molar-refractivity contribution in [2.45, 2.75) is 32.4 Å². The molecule has 3 rings (SSSR count). The first kappa shape index (κ1) is 16.5. The van der Waals surface area contributed by atoms with E-state index >= 15 is 0 Å². The number of hydrogen-bond acceptors (Lipinski definition) is 6. The number of nitrogens with one attached hydrogen (secondary N) is 1. The molecule has 0 spiro atoms. The maximum atomic E-state index is 12.1. The molecule has 1 atom stereocenters.